The number of amides is 1. The van der Waals surface area contributed by atoms with Crippen molar-refractivity contribution in [3.05, 3.63) is 90.0 Å². The van der Waals surface area contributed by atoms with E-state index < -0.39 is 16.1 Å². The predicted molar refractivity (Wildman–Crippen MR) is 125 cm³/mol. The van der Waals surface area contributed by atoms with Crippen LogP contribution in [0, 0.1) is 0 Å². The van der Waals surface area contributed by atoms with Crippen LogP contribution in [-0.4, -0.2) is 38.1 Å². The van der Waals surface area contributed by atoms with E-state index in [-0.39, 0.29) is 5.91 Å². The van der Waals surface area contributed by atoms with Crippen LogP contribution in [0.3, 0.4) is 0 Å². The van der Waals surface area contributed by atoms with Crippen LogP contribution >= 0.6 is 0 Å². The highest BCUT2D eigenvalue weighted by molar-refractivity contribution is 7.92. The van der Waals surface area contributed by atoms with Gasteiger partial charge in [-0.25, -0.2) is 8.42 Å². The molecule has 0 radical (unpaired) electrons. The summed E-state index contributed by atoms with van der Waals surface area (Å²) in [5, 5.41) is 0. The maximum Gasteiger partial charge on any atom is 0.246 e. The molecule has 3 aromatic carbocycles. The van der Waals surface area contributed by atoms with Gasteiger partial charge in [0, 0.05) is 13.1 Å². The van der Waals surface area contributed by atoms with Crippen LogP contribution < -0.4 is 9.04 Å². The summed E-state index contributed by atoms with van der Waals surface area (Å²) in [6.07, 6.45) is 1.88. The van der Waals surface area contributed by atoms with Crippen LogP contribution in [0.4, 0.5) is 5.69 Å². The number of para-hydroxylation sites is 1. The van der Waals surface area contributed by atoms with Gasteiger partial charge in [0.25, 0.3) is 0 Å². The Labute approximate surface area is 189 Å². The number of sulfonamides is 1. The molecular formula is C25H26N2O4S. The molecule has 32 heavy (non-hydrogen) atoms. The van der Waals surface area contributed by atoms with E-state index >= 15 is 0 Å². The van der Waals surface area contributed by atoms with Crippen LogP contribution in [-0.2, 0) is 27.8 Å². The fourth-order valence-corrected chi connectivity index (χ4v) is 5.21. The lowest BCUT2D eigenvalue weighted by Gasteiger charge is -2.35. The Morgan fingerprint density at radius 3 is 2.16 bits per heavy atom. The van der Waals surface area contributed by atoms with Gasteiger partial charge in [0.15, 0.2) is 0 Å². The van der Waals surface area contributed by atoms with Gasteiger partial charge >= 0.3 is 0 Å². The molecule has 1 heterocycles. The molecule has 0 spiro atoms. The van der Waals surface area contributed by atoms with E-state index in [4.69, 9.17) is 4.74 Å². The van der Waals surface area contributed by atoms with E-state index in [1.54, 1.807) is 36.1 Å². The third-order valence-electron chi connectivity index (χ3n) is 5.58. The molecule has 1 aliphatic rings. The summed E-state index contributed by atoms with van der Waals surface area (Å²) in [5.41, 5.74) is 2.76. The largest absolute Gasteiger partial charge is 0.457 e. The maximum absolute atomic E-state index is 13.3. The van der Waals surface area contributed by atoms with Crippen molar-refractivity contribution in [1.82, 2.24) is 4.90 Å². The van der Waals surface area contributed by atoms with Crippen LogP contribution in [0.5, 0.6) is 11.5 Å². The molecule has 0 N–H and O–H groups in total. The molecule has 7 heteroatoms. The average Bonchev–Trinajstić information content (AvgIpc) is 2.79. The molecule has 4 rings (SSSR count). The molecular weight excluding hydrogens is 424 g/mol. The SMILES string of the molecule is C[C@H](C(=O)N1CCc2ccccc2C1)N(c1ccc(Oc2ccccc2)cc1)S(C)(=O)=O. The van der Waals surface area contributed by atoms with Crippen molar-refractivity contribution in [3.8, 4) is 11.5 Å². The highest BCUT2D eigenvalue weighted by atomic mass is 32.2. The number of carbonyl (C=O) groups excluding carboxylic acids is 1. The molecule has 0 saturated heterocycles. The molecule has 6 nitrogen and oxygen atoms in total. The first-order valence-electron chi connectivity index (χ1n) is 10.5. The number of ether oxygens (including phenoxy) is 1. The standard InChI is InChI=1S/C25H26N2O4S/c1-19(25(28)26-17-16-20-8-6-7-9-21(20)18-26)27(32(2,29)30)22-12-14-24(15-13-22)31-23-10-4-3-5-11-23/h3-15,19H,16-18H2,1-2H3/t19-/m1/s1. The number of carbonyl (C=O) groups is 1. The molecule has 0 aliphatic carbocycles. The zero-order chi connectivity index (χ0) is 22.7. The summed E-state index contributed by atoms with van der Waals surface area (Å²) in [4.78, 5) is 15.0. The van der Waals surface area contributed by atoms with E-state index in [1.807, 2.05) is 48.5 Å². The number of anilines is 1. The molecule has 0 unspecified atom stereocenters. The van der Waals surface area contributed by atoms with Gasteiger partial charge in [-0.1, -0.05) is 42.5 Å². The van der Waals surface area contributed by atoms with E-state index in [9.17, 15) is 13.2 Å². The van der Waals surface area contributed by atoms with Crippen LogP contribution in [0.2, 0.25) is 0 Å². The predicted octanol–water partition coefficient (Wildman–Crippen LogP) is 4.22. The Morgan fingerprint density at radius 1 is 0.906 bits per heavy atom. The van der Waals surface area contributed by atoms with E-state index in [0.717, 1.165) is 18.2 Å². The van der Waals surface area contributed by atoms with Crippen molar-refractivity contribution in [2.45, 2.75) is 25.9 Å². The number of hydrogen-bond acceptors (Lipinski definition) is 4. The summed E-state index contributed by atoms with van der Waals surface area (Å²) in [5.74, 6) is 1.06. The van der Waals surface area contributed by atoms with Crippen LogP contribution in [0.15, 0.2) is 78.9 Å². The molecule has 3 aromatic rings. The number of hydrogen-bond donors (Lipinski definition) is 0. The van der Waals surface area contributed by atoms with Gasteiger partial charge in [0.2, 0.25) is 15.9 Å². The summed E-state index contributed by atoms with van der Waals surface area (Å²) in [6.45, 7) is 2.70. The van der Waals surface area contributed by atoms with Gasteiger partial charge in [-0.2, -0.15) is 0 Å². The summed E-state index contributed by atoms with van der Waals surface area (Å²) in [6, 6.07) is 23.2. The summed E-state index contributed by atoms with van der Waals surface area (Å²) >= 11 is 0. The monoisotopic (exact) mass is 450 g/mol. The fourth-order valence-electron chi connectivity index (χ4n) is 4.04. The molecule has 0 bridgehead atoms. The van der Waals surface area contributed by atoms with Crippen molar-refractivity contribution in [1.29, 1.82) is 0 Å². The first-order chi connectivity index (χ1) is 15.3. The Bertz CT molecular complexity index is 1190. The molecule has 1 atom stereocenters. The zero-order valence-electron chi connectivity index (χ0n) is 18.1. The van der Waals surface area contributed by atoms with Crippen LogP contribution in [0.25, 0.3) is 0 Å². The lowest BCUT2D eigenvalue weighted by Crippen LogP contribution is -2.50. The van der Waals surface area contributed by atoms with Gasteiger partial charge < -0.3 is 9.64 Å². The van der Waals surface area contributed by atoms with Gasteiger partial charge in [-0.05, 0) is 60.9 Å². The minimum Gasteiger partial charge on any atom is -0.457 e. The Balaban J connectivity index is 1.54. The van der Waals surface area contributed by atoms with Crippen molar-refractivity contribution < 1.29 is 17.9 Å². The second-order valence-corrected chi connectivity index (χ2v) is 9.78. The summed E-state index contributed by atoms with van der Waals surface area (Å²) in [7, 11) is -3.69. The second kappa shape index (κ2) is 9.04. The van der Waals surface area contributed by atoms with Crippen molar-refractivity contribution in [2.75, 3.05) is 17.1 Å². The number of nitrogens with zero attached hydrogens (tertiary/aromatic N) is 2. The zero-order valence-corrected chi connectivity index (χ0v) is 19.0. The number of rotatable bonds is 6. The third-order valence-corrected chi connectivity index (χ3v) is 6.82. The van der Waals surface area contributed by atoms with E-state index in [0.29, 0.717) is 30.3 Å². The number of fused-ring (bicyclic) bond motifs is 1. The third kappa shape index (κ3) is 4.78. The molecule has 0 saturated carbocycles. The molecule has 1 aliphatic heterocycles. The van der Waals surface area contributed by atoms with Crippen LogP contribution in [0.1, 0.15) is 18.1 Å². The first-order valence-corrected chi connectivity index (χ1v) is 12.4. The highest BCUT2D eigenvalue weighted by Crippen LogP contribution is 2.28. The smallest absolute Gasteiger partial charge is 0.246 e. The van der Waals surface area contributed by atoms with E-state index in [1.165, 1.54) is 9.87 Å². The first kappa shape index (κ1) is 21.9. The van der Waals surface area contributed by atoms with Gasteiger partial charge in [-0.15, -0.1) is 0 Å². The maximum atomic E-state index is 13.3. The highest BCUT2D eigenvalue weighted by Gasteiger charge is 2.33. The lowest BCUT2D eigenvalue weighted by molar-refractivity contribution is -0.132. The quantitative estimate of drug-likeness (QED) is 0.564. The van der Waals surface area contributed by atoms with Crippen molar-refractivity contribution in [2.24, 2.45) is 0 Å². The lowest BCUT2D eigenvalue weighted by atomic mass is 9.99. The Morgan fingerprint density at radius 2 is 1.50 bits per heavy atom. The average molecular weight is 451 g/mol. The van der Waals surface area contributed by atoms with Gasteiger partial charge in [-0.3, -0.25) is 9.10 Å². The van der Waals surface area contributed by atoms with Gasteiger partial charge in [0.1, 0.15) is 17.5 Å². The molecule has 1 amide bonds. The fraction of sp³-hybridized carbons (Fsp3) is 0.240. The van der Waals surface area contributed by atoms with Crippen molar-refractivity contribution in [3.63, 3.8) is 0 Å². The van der Waals surface area contributed by atoms with E-state index in [2.05, 4.69) is 6.07 Å². The normalized spacial score (nSPS) is 14.4. The topological polar surface area (TPSA) is 66.9 Å². The second-order valence-electron chi connectivity index (χ2n) is 7.92. The molecule has 0 fully saturated rings. The molecule has 166 valence electrons. The summed E-state index contributed by atoms with van der Waals surface area (Å²) < 4.78 is 32.3. The minimum atomic E-state index is -3.69. The number of benzene rings is 3. The Kier molecular flexibility index (Phi) is 6.19. The van der Waals surface area contributed by atoms with Crippen molar-refractivity contribution >= 4 is 21.6 Å². The Hall–Kier alpha value is -3.32. The minimum absolute atomic E-state index is 0.213. The molecule has 0 aromatic heterocycles. The van der Waals surface area contributed by atoms with Gasteiger partial charge in [0.05, 0.1) is 11.9 Å².